The molecule has 0 aliphatic heterocycles. The molecule has 0 spiro atoms. The summed E-state index contributed by atoms with van der Waals surface area (Å²) in [6, 6.07) is 6.37. The third-order valence-electron chi connectivity index (χ3n) is 4.38. The van der Waals surface area contributed by atoms with Crippen molar-refractivity contribution in [3.8, 4) is 0 Å². The molecule has 0 heterocycles. The Kier molecular flexibility index (Phi) is 5.86. The Labute approximate surface area is 137 Å². The number of carbonyl (C=O) groups is 1. The normalized spacial score (nSPS) is 15.7. The van der Waals surface area contributed by atoms with E-state index in [0.717, 1.165) is 28.6 Å². The highest BCUT2D eigenvalue weighted by atomic mass is 79.9. The van der Waals surface area contributed by atoms with Crippen LogP contribution >= 0.6 is 15.9 Å². The van der Waals surface area contributed by atoms with Crippen molar-refractivity contribution in [1.82, 2.24) is 4.90 Å². The van der Waals surface area contributed by atoms with Crippen LogP contribution in [0.3, 0.4) is 0 Å². The molecular formula is C18H26BrNO. The van der Waals surface area contributed by atoms with Gasteiger partial charge in [0.25, 0.3) is 5.91 Å². The SMILES string of the molecule is Cc1cc(C(=O)N(CCC(C)C)C2CCCC2)ccc1Br. The molecule has 0 saturated heterocycles. The van der Waals surface area contributed by atoms with Gasteiger partial charge in [0.05, 0.1) is 0 Å². The fourth-order valence-corrected chi connectivity index (χ4v) is 3.25. The van der Waals surface area contributed by atoms with E-state index in [9.17, 15) is 4.79 Å². The predicted molar refractivity (Wildman–Crippen MR) is 91.6 cm³/mol. The molecule has 1 aliphatic carbocycles. The van der Waals surface area contributed by atoms with Crippen LogP contribution in [0.2, 0.25) is 0 Å². The van der Waals surface area contributed by atoms with Crippen LogP contribution in [0.15, 0.2) is 22.7 Å². The van der Waals surface area contributed by atoms with Gasteiger partial charge in [0.15, 0.2) is 0 Å². The highest BCUT2D eigenvalue weighted by Crippen LogP contribution is 2.26. The maximum atomic E-state index is 12.9. The van der Waals surface area contributed by atoms with Crippen molar-refractivity contribution in [3.63, 3.8) is 0 Å². The molecule has 0 radical (unpaired) electrons. The first-order valence-electron chi connectivity index (χ1n) is 8.06. The van der Waals surface area contributed by atoms with E-state index in [1.165, 1.54) is 25.7 Å². The summed E-state index contributed by atoms with van der Waals surface area (Å²) in [5, 5.41) is 0. The summed E-state index contributed by atoms with van der Waals surface area (Å²) in [5.74, 6) is 0.839. The van der Waals surface area contributed by atoms with E-state index >= 15 is 0 Å². The van der Waals surface area contributed by atoms with Crippen molar-refractivity contribution in [1.29, 1.82) is 0 Å². The Hall–Kier alpha value is -0.830. The number of hydrogen-bond acceptors (Lipinski definition) is 1. The molecule has 0 N–H and O–H groups in total. The van der Waals surface area contributed by atoms with Gasteiger partial charge in [-0.3, -0.25) is 4.79 Å². The number of halogens is 1. The van der Waals surface area contributed by atoms with Gasteiger partial charge in [-0.2, -0.15) is 0 Å². The van der Waals surface area contributed by atoms with Crippen LogP contribution in [0.5, 0.6) is 0 Å². The quantitative estimate of drug-likeness (QED) is 0.714. The molecule has 1 amide bonds. The lowest BCUT2D eigenvalue weighted by Crippen LogP contribution is -2.40. The van der Waals surface area contributed by atoms with Gasteiger partial charge in [-0.1, -0.05) is 42.6 Å². The van der Waals surface area contributed by atoms with Gasteiger partial charge in [0.1, 0.15) is 0 Å². The second kappa shape index (κ2) is 7.44. The van der Waals surface area contributed by atoms with Gasteiger partial charge in [-0.05, 0) is 55.9 Å². The maximum Gasteiger partial charge on any atom is 0.254 e. The number of nitrogens with zero attached hydrogens (tertiary/aromatic N) is 1. The van der Waals surface area contributed by atoms with Gasteiger partial charge >= 0.3 is 0 Å². The van der Waals surface area contributed by atoms with Gasteiger partial charge in [-0.25, -0.2) is 0 Å². The standard InChI is InChI=1S/C18H26BrNO/c1-13(2)10-11-20(16-6-4-5-7-16)18(21)15-8-9-17(19)14(3)12-15/h8-9,12-13,16H,4-7,10-11H2,1-3H3. The van der Waals surface area contributed by atoms with Crippen LogP contribution in [-0.4, -0.2) is 23.4 Å². The first-order chi connectivity index (χ1) is 9.99. The van der Waals surface area contributed by atoms with Crippen molar-refractivity contribution in [2.45, 2.75) is 58.9 Å². The van der Waals surface area contributed by atoms with Gasteiger partial charge in [-0.15, -0.1) is 0 Å². The smallest absolute Gasteiger partial charge is 0.254 e. The summed E-state index contributed by atoms with van der Waals surface area (Å²) in [6.07, 6.45) is 5.93. The molecule has 1 aromatic rings. The number of benzene rings is 1. The molecule has 1 aliphatic rings. The molecule has 0 bridgehead atoms. The van der Waals surface area contributed by atoms with E-state index in [1.807, 2.05) is 25.1 Å². The minimum absolute atomic E-state index is 0.207. The van der Waals surface area contributed by atoms with E-state index in [4.69, 9.17) is 0 Å². The van der Waals surface area contributed by atoms with Crippen molar-refractivity contribution in [2.24, 2.45) is 5.92 Å². The van der Waals surface area contributed by atoms with Crippen LogP contribution in [0.1, 0.15) is 61.9 Å². The molecule has 0 unspecified atom stereocenters. The van der Waals surface area contributed by atoms with Crippen LogP contribution < -0.4 is 0 Å². The van der Waals surface area contributed by atoms with E-state index < -0.39 is 0 Å². The van der Waals surface area contributed by atoms with Crippen molar-refractivity contribution < 1.29 is 4.79 Å². The molecule has 1 saturated carbocycles. The second-order valence-electron chi connectivity index (χ2n) is 6.58. The Morgan fingerprint density at radius 1 is 1.33 bits per heavy atom. The Bertz CT molecular complexity index is 492. The highest BCUT2D eigenvalue weighted by Gasteiger charge is 2.27. The van der Waals surface area contributed by atoms with Crippen LogP contribution in [0, 0.1) is 12.8 Å². The molecule has 1 aromatic carbocycles. The van der Waals surface area contributed by atoms with Crippen LogP contribution in [0.25, 0.3) is 0 Å². The lowest BCUT2D eigenvalue weighted by atomic mass is 10.1. The minimum Gasteiger partial charge on any atom is -0.336 e. The Balaban J connectivity index is 2.17. The first-order valence-corrected chi connectivity index (χ1v) is 8.85. The summed E-state index contributed by atoms with van der Waals surface area (Å²) in [7, 11) is 0. The molecule has 116 valence electrons. The topological polar surface area (TPSA) is 20.3 Å². The molecule has 3 heteroatoms. The average molecular weight is 352 g/mol. The van der Waals surface area contributed by atoms with Gasteiger partial charge in [0, 0.05) is 22.6 Å². The Morgan fingerprint density at radius 2 is 2.00 bits per heavy atom. The van der Waals surface area contributed by atoms with Crippen LogP contribution in [0.4, 0.5) is 0 Å². The van der Waals surface area contributed by atoms with E-state index in [2.05, 4.69) is 34.7 Å². The Morgan fingerprint density at radius 3 is 2.57 bits per heavy atom. The molecule has 1 fully saturated rings. The fourth-order valence-electron chi connectivity index (χ4n) is 3.01. The predicted octanol–water partition coefficient (Wildman–Crippen LogP) is 5.19. The monoisotopic (exact) mass is 351 g/mol. The maximum absolute atomic E-state index is 12.9. The third-order valence-corrected chi connectivity index (χ3v) is 5.27. The third kappa shape index (κ3) is 4.32. The second-order valence-corrected chi connectivity index (χ2v) is 7.44. The van der Waals surface area contributed by atoms with E-state index in [1.54, 1.807) is 0 Å². The number of amides is 1. The number of hydrogen-bond donors (Lipinski definition) is 0. The van der Waals surface area contributed by atoms with Gasteiger partial charge < -0.3 is 4.90 Å². The van der Waals surface area contributed by atoms with E-state index in [0.29, 0.717) is 12.0 Å². The molecule has 21 heavy (non-hydrogen) atoms. The zero-order valence-electron chi connectivity index (χ0n) is 13.4. The summed E-state index contributed by atoms with van der Waals surface area (Å²) < 4.78 is 1.06. The lowest BCUT2D eigenvalue weighted by molar-refractivity contribution is 0.0672. The number of rotatable bonds is 5. The summed E-state index contributed by atoms with van der Waals surface area (Å²) in [5.41, 5.74) is 1.95. The minimum atomic E-state index is 0.207. The zero-order chi connectivity index (χ0) is 15.4. The van der Waals surface area contributed by atoms with Gasteiger partial charge in [0.2, 0.25) is 0 Å². The average Bonchev–Trinajstić information content (AvgIpc) is 2.95. The number of carbonyl (C=O) groups excluding carboxylic acids is 1. The first kappa shape index (κ1) is 16.5. The van der Waals surface area contributed by atoms with Crippen molar-refractivity contribution in [2.75, 3.05) is 6.54 Å². The van der Waals surface area contributed by atoms with Crippen LogP contribution in [-0.2, 0) is 0 Å². The molecule has 0 atom stereocenters. The summed E-state index contributed by atoms with van der Waals surface area (Å²) in [4.78, 5) is 15.1. The summed E-state index contributed by atoms with van der Waals surface area (Å²) >= 11 is 3.51. The molecular weight excluding hydrogens is 326 g/mol. The highest BCUT2D eigenvalue weighted by molar-refractivity contribution is 9.10. The molecule has 0 aromatic heterocycles. The molecule has 2 nitrogen and oxygen atoms in total. The summed E-state index contributed by atoms with van der Waals surface area (Å²) in [6.45, 7) is 7.37. The zero-order valence-corrected chi connectivity index (χ0v) is 14.9. The van der Waals surface area contributed by atoms with Crippen molar-refractivity contribution >= 4 is 21.8 Å². The molecule has 2 rings (SSSR count). The number of aryl methyl sites for hydroxylation is 1. The van der Waals surface area contributed by atoms with E-state index in [-0.39, 0.29) is 5.91 Å². The van der Waals surface area contributed by atoms with Crippen molar-refractivity contribution in [3.05, 3.63) is 33.8 Å². The fraction of sp³-hybridized carbons (Fsp3) is 0.611. The largest absolute Gasteiger partial charge is 0.336 e. The lowest BCUT2D eigenvalue weighted by Gasteiger charge is -2.30.